The molecule has 0 saturated carbocycles. The Balaban J connectivity index is 1.84. The Bertz CT molecular complexity index is 1410. The van der Waals surface area contributed by atoms with Crippen LogP contribution in [-0.2, 0) is 0 Å². The molecule has 0 aliphatic carbocycles. The number of fused-ring (bicyclic) bond motifs is 6. The van der Waals surface area contributed by atoms with Crippen molar-refractivity contribution in [3.63, 3.8) is 0 Å². The van der Waals surface area contributed by atoms with E-state index in [0.717, 1.165) is 15.8 Å². The highest BCUT2D eigenvalue weighted by atomic mass is 32.2. The van der Waals surface area contributed by atoms with Crippen molar-refractivity contribution >= 4 is 50.0 Å². The molecule has 0 aliphatic rings. The smallest absolute Gasteiger partial charge is 0.256 e. The highest BCUT2D eigenvalue weighted by Gasteiger charge is 2.16. The monoisotopic (exact) mass is 376 g/mol. The van der Waals surface area contributed by atoms with Gasteiger partial charge in [-0.25, -0.2) is 9.37 Å². The molecule has 4 N–H and O–H groups in total. The number of nitrogens with two attached hydrogens (primary N) is 1. The number of pyridine rings is 1. The molecule has 0 radical (unpaired) electrons. The second kappa shape index (κ2) is 5.85. The molecular weight excluding hydrogens is 363 g/mol. The lowest BCUT2D eigenvalue weighted by atomic mass is 10.0. The van der Waals surface area contributed by atoms with Gasteiger partial charge in [0, 0.05) is 32.9 Å². The van der Waals surface area contributed by atoms with Gasteiger partial charge >= 0.3 is 0 Å². The van der Waals surface area contributed by atoms with Gasteiger partial charge in [0.05, 0.1) is 16.4 Å². The number of hydrogen-bond acceptors (Lipinski definition) is 4. The van der Waals surface area contributed by atoms with Gasteiger partial charge in [-0.15, -0.1) is 0 Å². The Morgan fingerprint density at radius 2 is 1.93 bits per heavy atom. The molecule has 0 unspecified atom stereocenters. The van der Waals surface area contributed by atoms with Crippen LogP contribution in [0.15, 0.2) is 69.6 Å². The third-order valence-electron chi connectivity index (χ3n) is 4.49. The zero-order chi connectivity index (χ0) is 18.5. The number of halogens is 1. The highest BCUT2D eigenvalue weighted by Crippen LogP contribution is 2.35. The molecule has 0 aliphatic heterocycles. The lowest BCUT2D eigenvalue weighted by molar-refractivity contribution is 0.630. The lowest BCUT2D eigenvalue weighted by Crippen LogP contribution is -2.05. The van der Waals surface area contributed by atoms with Gasteiger partial charge in [0.25, 0.3) is 5.56 Å². The maximum absolute atomic E-state index is 13.9. The fourth-order valence-corrected chi connectivity index (χ4v) is 4.22. The normalized spacial score (nSPS) is 11.6. The number of aromatic nitrogens is 3. The first kappa shape index (κ1) is 15.9. The fourth-order valence-electron chi connectivity index (χ4n) is 3.36. The third-order valence-corrected chi connectivity index (χ3v) is 5.37. The SMILES string of the molecule is Nc1cccc(Sc2nc3c4cc[nH]c(=O)c4c4cc(F)ccc4c3[nH]2)c1. The van der Waals surface area contributed by atoms with Crippen LogP contribution in [0.4, 0.5) is 10.1 Å². The summed E-state index contributed by atoms with van der Waals surface area (Å²) in [5, 5.41) is 3.11. The molecule has 7 heteroatoms. The van der Waals surface area contributed by atoms with Crippen LogP contribution in [0.1, 0.15) is 0 Å². The summed E-state index contributed by atoms with van der Waals surface area (Å²) in [5.41, 5.74) is 7.71. The summed E-state index contributed by atoms with van der Waals surface area (Å²) in [6, 6.07) is 13.8. The molecule has 5 nitrogen and oxygen atoms in total. The van der Waals surface area contributed by atoms with Crippen molar-refractivity contribution < 1.29 is 4.39 Å². The lowest BCUT2D eigenvalue weighted by Gasteiger charge is -2.05. The van der Waals surface area contributed by atoms with Gasteiger partial charge in [-0.3, -0.25) is 4.79 Å². The van der Waals surface area contributed by atoms with Gasteiger partial charge in [0.1, 0.15) is 5.82 Å². The van der Waals surface area contributed by atoms with Crippen molar-refractivity contribution in [3.05, 3.63) is 70.9 Å². The van der Waals surface area contributed by atoms with Crippen LogP contribution in [0.3, 0.4) is 0 Å². The van der Waals surface area contributed by atoms with Crippen molar-refractivity contribution in [3.8, 4) is 0 Å². The van der Waals surface area contributed by atoms with Crippen LogP contribution in [0.25, 0.3) is 32.6 Å². The number of hydrogen-bond donors (Lipinski definition) is 3. The number of nitrogens with zero attached hydrogens (tertiary/aromatic N) is 1. The second-order valence-electron chi connectivity index (χ2n) is 6.23. The number of aromatic amines is 2. The van der Waals surface area contributed by atoms with Crippen LogP contribution in [0, 0.1) is 5.82 Å². The standard InChI is InChI=1S/C20H13FN4OS/c21-10-4-5-13-15(8-10)16-14(6-7-23-19(16)26)18-17(13)24-20(25-18)27-12-3-1-2-11(22)9-12/h1-9H,22H2,(H,23,26)(H,24,25). The van der Waals surface area contributed by atoms with Crippen LogP contribution < -0.4 is 11.3 Å². The van der Waals surface area contributed by atoms with E-state index in [1.807, 2.05) is 24.3 Å². The molecule has 0 atom stereocenters. The topological polar surface area (TPSA) is 87.6 Å². The van der Waals surface area contributed by atoms with Crippen LogP contribution in [-0.4, -0.2) is 15.0 Å². The molecule has 5 aromatic rings. The molecule has 3 aromatic carbocycles. The fraction of sp³-hybridized carbons (Fsp3) is 0. The van der Waals surface area contributed by atoms with Gasteiger partial charge < -0.3 is 15.7 Å². The van der Waals surface area contributed by atoms with E-state index in [0.29, 0.717) is 32.5 Å². The summed E-state index contributed by atoms with van der Waals surface area (Å²) in [7, 11) is 0. The minimum atomic E-state index is -0.389. The van der Waals surface area contributed by atoms with E-state index in [1.165, 1.54) is 23.9 Å². The summed E-state index contributed by atoms with van der Waals surface area (Å²) in [6.07, 6.45) is 1.58. The summed E-state index contributed by atoms with van der Waals surface area (Å²) in [4.78, 5) is 24.1. The number of benzene rings is 3. The van der Waals surface area contributed by atoms with E-state index < -0.39 is 0 Å². The third kappa shape index (κ3) is 2.55. The number of nitrogen functional groups attached to an aromatic ring is 1. The average Bonchev–Trinajstić information content (AvgIpc) is 3.05. The van der Waals surface area contributed by atoms with Crippen molar-refractivity contribution in [2.75, 3.05) is 5.73 Å². The van der Waals surface area contributed by atoms with Gasteiger partial charge in [-0.05, 0) is 42.5 Å². The minimum absolute atomic E-state index is 0.266. The van der Waals surface area contributed by atoms with Crippen LogP contribution in [0.5, 0.6) is 0 Å². The number of imidazole rings is 1. The van der Waals surface area contributed by atoms with Crippen molar-refractivity contribution in [2.24, 2.45) is 0 Å². The molecule has 0 spiro atoms. The Hall–Kier alpha value is -3.32. The maximum Gasteiger partial charge on any atom is 0.256 e. The molecule has 132 valence electrons. The number of H-pyrrole nitrogens is 2. The van der Waals surface area contributed by atoms with Gasteiger partial charge in [-0.2, -0.15) is 0 Å². The zero-order valence-corrected chi connectivity index (χ0v) is 14.7. The van der Waals surface area contributed by atoms with Crippen molar-refractivity contribution in [1.82, 2.24) is 15.0 Å². The van der Waals surface area contributed by atoms with Crippen molar-refractivity contribution in [2.45, 2.75) is 10.1 Å². The molecular formula is C20H13FN4OS. The largest absolute Gasteiger partial charge is 0.399 e. The molecule has 0 fully saturated rings. The molecule has 2 heterocycles. The maximum atomic E-state index is 13.9. The van der Waals surface area contributed by atoms with Crippen molar-refractivity contribution in [1.29, 1.82) is 0 Å². The number of rotatable bonds is 2. The van der Waals surface area contributed by atoms with E-state index in [2.05, 4.69) is 9.97 Å². The molecule has 2 aromatic heterocycles. The Labute approximate surface area is 156 Å². The number of nitrogens with one attached hydrogen (secondary N) is 2. The molecule has 27 heavy (non-hydrogen) atoms. The molecule has 0 bridgehead atoms. The Kier molecular flexibility index (Phi) is 3.45. The summed E-state index contributed by atoms with van der Waals surface area (Å²) >= 11 is 1.45. The average molecular weight is 376 g/mol. The quantitative estimate of drug-likeness (QED) is 0.314. The molecule has 0 amide bonds. The Morgan fingerprint density at radius 3 is 2.78 bits per heavy atom. The van der Waals surface area contributed by atoms with E-state index >= 15 is 0 Å². The molecule has 0 saturated heterocycles. The van der Waals surface area contributed by atoms with E-state index in [9.17, 15) is 9.18 Å². The van der Waals surface area contributed by atoms with Gasteiger partial charge in [0.15, 0.2) is 5.16 Å². The first-order chi connectivity index (χ1) is 13.1. The van der Waals surface area contributed by atoms with E-state index in [1.54, 1.807) is 18.3 Å². The summed E-state index contributed by atoms with van der Waals surface area (Å²) < 4.78 is 13.9. The zero-order valence-electron chi connectivity index (χ0n) is 13.9. The van der Waals surface area contributed by atoms with Crippen LogP contribution >= 0.6 is 11.8 Å². The number of anilines is 1. The van der Waals surface area contributed by atoms with E-state index in [-0.39, 0.29) is 11.4 Å². The Morgan fingerprint density at radius 1 is 1.04 bits per heavy atom. The summed E-state index contributed by atoms with van der Waals surface area (Å²) in [6.45, 7) is 0. The first-order valence-corrected chi connectivity index (χ1v) is 9.07. The van der Waals surface area contributed by atoms with Crippen LogP contribution in [0.2, 0.25) is 0 Å². The highest BCUT2D eigenvalue weighted by molar-refractivity contribution is 7.99. The molecule has 5 rings (SSSR count). The predicted molar refractivity (Wildman–Crippen MR) is 107 cm³/mol. The summed E-state index contributed by atoms with van der Waals surface area (Å²) in [5.74, 6) is -0.389. The van der Waals surface area contributed by atoms with Gasteiger partial charge in [-0.1, -0.05) is 17.8 Å². The first-order valence-electron chi connectivity index (χ1n) is 8.26. The van der Waals surface area contributed by atoms with Gasteiger partial charge in [0.2, 0.25) is 0 Å². The second-order valence-corrected chi connectivity index (χ2v) is 7.29. The predicted octanol–water partition coefficient (Wildman–Crippen LogP) is 4.43. The minimum Gasteiger partial charge on any atom is -0.399 e. The van der Waals surface area contributed by atoms with E-state index in [4.69, 9.17) is 10.7 Å².